The fraction of sp³-hybridized carbons (Fsp3) is 0.333. The van der Waals surface area contributed by atoms with Gasteiger partial charge in [0.15, 0.2) is 11.7 Å². The lowest BCUT2D eigenvalue weighted by molar-refractivity contribution is -0.155. The molecular weight excluding hydrogens is 453 g/mol. The number of carbonyl (C=O) groups excluding carboxylic acids is 3. The van der Waals surface area contributed by atoms with E-state index >= 15 is 0 Å². The number of rotatable bonds is 8. The van der Waals surface area contributed by atoms with E-state index in [0.29, 0.717) is 18.4 Å². The molecule has 10 heteroatoms. The Kier molecular flexibility index (Phi) is 7.70. The van der Waals surface area contributed by atoms with E-state index < -0.39 is 53.8 Å². The van der Waals surface area contributed by atoms with Crippen LogP contribution in [0.1, 0.15) is 29.5 Å². The van der Waals surface area contributed by atoms with Crippen molar-refractivity contribution >= 4 is 23.6 Å². The van der Waals surface area contributed by atoms with Gasteiger partial charge in [0.2, 0.25) is 11.8 Å². The third kappa shape index (κ3) is 6.21. The molecule has 1 fully saturated rings. The van der Waals surface area contributed by atoms with Crippen LogP contribution >= 0.6 is 0 Å². The minimum atomic E-state index is -4.50. The van der Waals surface area contributed by atoms with E-state index in [-0.39, 0.29) is 13.0 Å². The zero-order valence-electron chi connectivity index (χ0n) is 18.0. The minimum Gasteiger partial charge on any atom is -0.480 e. The van der Waals surface area contributed by atoms with Gasteiger partial charge in [-0.1, -0.05) is 42.5 Å². The Morgan fingerprint density at radius 2 is 1.65 bits per heavy atom. The van der Waals surface area contributed by atoms with E-state index in [1.165, 1.54) is 17.0 Å². The average Bonchev–Trinajstić information content (AvgIpc) is 2.79. The predicted octanol–water partition coefficient (Wildman–Crippen LogP) is 2.83. The monoisotopic (exact) mass is 476 g/mol. The molecule has 34 heavy (non-hydrogen) atoms. The lowest BCUT2D eigenvalue weighted by Gasteiger charge is -2.38. The molecule has 0 aromatic heterocycles. The number of aliphatic carboxylic acids is 1. The van der Waals surface area contributed by atoms with Crippen LogP contribution in [-0.2, 0) is 38.3 Å². The van der Waals surface area contributed by atoms with Gasteiger partial charge in [-0.25, -0.2) is 0 Å². The number of carbonyl (C=O) groups is 4. The highest BCUT2D eigenvalue weighted by Crippen LogP contribution is 2.30. The van der Waals surface area contributed by atoms with Gasteiger partial charge in [0.25, 0.3) is 0 Å². The SMILES string of the molecule is O=C(O)CNC(=O)C1C(=O)CC(CCc2ccccc2)N(Cc2ccc(C(F)(F)F)cc2)C1=O. The first-order chi connectivity index (χ1) is 16.1. The summed E-state index contributed by atoms with van der Waals surface area (Å²) in [5.74, 6) is -5.43. The number of halogens is 3. The molecule has 2 aromatic rings. The van der Waals surface area contributed by atoms with Crippen LogP contribution in [0.25, 0.3) is 0 Å². The number of ketones is 1. The fourth-order valence-electron chi connectivity index (χ4n) is 3.91. The highest BCUT2D eigenvalue weighted by atomic mass is 19.4. The molecule has 2 atom stereocenters. The number of carboxylic acid groups (broad SMARTS) is 1. The summed E-state index contributed by atoms with van der Waals surface area (Å²) in [6.07, 6.45) is -3.67. The first-order valence-electron chi connectivity index (χ1n) is 10.6. The molecule has 1 aliphatic rings. The Morgan fingerprint density at radius 1 is 1.00 bits per heavy atom. The number of hydrogen-bond donors (Lipinski definition) is 2. The normalized spacial score (nSPS) is 18.6. The van der Waals surface area contributed by atoms with Crippen molar-refractivity contribution in [3.63, 3.8) is 0 Å². The average molecular weight is 476 g/mol. The maximum Gasteiger partial charge on any atom is 0.416 e. The van der Waals surface area contributed by atoms with Crippen molar-refractivity contribution < 1.29 is 37.5 Å². The number of nitrogens with zero attached hydrogens (tertiary/aromatic N) is 1. The second kappa shape index (κ2) is 10.5. The molecule has 180 valence electrons. The minimum absolute atomic E-state index is 0.0909. The Hall–Kier alpha value is -3.69. The van der Waals surface area contributed by atoms with Crippen LogP contribution in [0.3, 0.4) is 0 Å². The van der Waals surface area contributed by atoms with Gasteiger partial charge in [-0.15, -0.1) is 0 Å². The third-order valence-electron chi connectivity index (χ3n) is 5.65. The third-order valence-corrected chi connectivity index (χ3v) is 5.65. The predicted molar refractivity (Wildman–Crippen MR) is 114 cm³/mol. The summed E-state index contributed by atoms with van der Waals surface area (Å²) in [5, 5.41) is 10.8. The summed E-state index contributed by atoms with van der Waals surface area (Å²) in [6.45, 7) is -0.835. The Bertz CT molecular complexity index is 1050. The fourth-order valence-corrected chi connectivity index (χ4v) is 3.91. The van der Waals surface area contributed by atoms with Crippen LogP contribution in [-0.4, -0.2) is 46.2 Å². The van der Waals surface area contributed by atoms with Gasteiger partial charge in [-0.3, -0.25) is 19.2 Å². The molecule has 2 aromatic carbocycles. The number of piperidine rings is 1. The summed E-state index contributed by atoms with van der Waals surface area (Å²) >= 11 is 0. The number of Topliss-reactive ketones (excluding diaryl/α,β-unsaturated/α-hetero) is 1. The Balaban J connectivity index is 1.82. The first kappa shape index (κ1) is 24.9. The van der Waals surface area contributed by atoms with Crippen molar-refractivity contribution in [1.29, 1.82) is 0 Å². The second-order valence-corrected chi connectivity index (χ2v) is 8.05. The van der Waals surface area contributed by atoms with Crippen molar-refractivity contribution in [2.75, 3.05) is 6.54 Å². The van der Waals surface area contributed by atoms with Gasteiger partial charge in [0.1, 0.15) is 6.54 Å². The van der Waals surface area contributed by atoms with Gasteiger partial charge < -0.3 is 15.3 Å². The Labute approximate surface area is 193 Å². The topological polar surface area (TPSA) is 104 Å². The smallest absolute Gasteiger partial charge is 0.416 e. The van der Waals surface area contributed by atoms with Crippen molar-refractivity contribution in [2.24, 2.45) is 5.92 Å². The van der Waals surface area contributed by atoms with Gasteiger partial charge >= 0.3 is 12.1 Å². The summed E-state index contributed by atoms with van der Waals surface area (Å²) in [5.41, 5.74) is 0.561. The molecule has 1 saturated heterocycles. The van der Waals surface area contributed by atoms with Gasteiger partial charge in [0.05, 0.1) is 5.56 Å². The number of carboxylic acids is 1. The number of hydrogen-bond acceptors (Lipinski definition) is 4. The molecule has 2 amide bonds. The van der Waals surface area contributed by atoms with E-state index in [1.54, 1.807) is 0 Å². The van der Waals surface area contributed by atoms with Gasteiger partial charge in [-0.2, -0.15) is 13.2 Å². The number of amides is 2. The number of alkyl halides is 3. The van der Waals surface area contributed by atoms with Crippen LogP contribution < -0.4 is 5.32 Å². The van der Waals surface area contributed by atoms with E-state index in [2.05, 4.69) is 5.32 Å². The molecule has 2 N–H and O–H groups in total. The van der Waals surface area contributed by atoms with Crippen LogP contribution in [0.4, 0.5) is 13.2 Å². The van der Waals surface area contributed by atoms with Gasteiger partial charge in [-0.05, 0) is 36.1 Å². The maximum atomic E-state index is 13.2. The van der Waals surface area contributed by atoms with Crippen molar-refractivity contribution in [3.05, 3.63) is 71.3 Å². The van der Waals surface area contributed by atoms with E-state index in [4.69, 9.17) is 5.11 Å². The van der Waals surface area contributed by atoms with Crippen molar-refractivity contribution in [1.82, 2.24) is 10.2 Å². The maximum absolute atomic E-state index is 13.2. The molecule has 0 spiro atoms. The zero-order chi connectivity index (χ0) is 24.9. The molecule has 3 rings (SSSR count). The molecule has 1 heterocycles. The summed E-state index contributed by atoms with van der Waals surface area (Å²) in [6, 6.07) is 13.1. The number of likely N-dealkylation sites (tertiary alicyclic amines) is 1. The van der Waals surface area contributed by atoms with Gasteiger partial charge in [0, 0.05) is 19.0 Å². The molecular formula is C24H23F3N2O5. The summed E-state index contributed by atoms with van der Waals surface area (Å²) in [7, 11) is 0. The number of benzene rings is 2. The molecule has 0 aliphatic carbocycles. The molecule has 0 radical (unpaired) electrons. The molecule has 2 unspecified atom stereocenters. The Morgan fingerprint density at radius 3 is 2.24 bits per heavy atom. The largest absolute Gasteiger partial charge is 0.480 e. The van der Waals surface area contributed by atoms with Crippen LogP contribution in [0, 0.1) is 5.92 Å². The highest BCUT2D eigenvalue weighted by Gasteiger charge is 2.44. The quantitative estimate of drug-likeness (QED) is 0.571. The van der Waals surface area contributed by atoms with Crippen molar-refractivity contribution in [3.8, 4) is 0 Å². The lowest BCUT2D eigenvalue weighted by Crippen LogP contribution is -2.56. The van der Waals surface area contributed by atoms with E-state index in [0.717, 1.165) is 17.7 Å². The van der Waals surface area contributed by atoms with E-state index in [1.807, 2.05) is 30.3 Å². The zero-order valence-corrected chi connectivity index (χ0v) is 18.0. The van der Waals surface area contributed by atoms with Crippen LogP contribution in [0.5, 0.6) is 0 Å². The number of aryl methyl sites for hydroxylation is 1. The highest BCUT2D eigenvalue weighted by molar-refractivity contribution is 6.19. The first-order valence-corrected chi connectivity index (χ1v) is 10.6. The van der Waals surface area contributed by atoms with Crippen molar-refractivity contribution in [2.45, 2.75) is 38.0 Å². The molecule has 0 saturated carbocycles. The van der Waals surface area contributed by atoms with Crippen LogP contribution in [0.15, 0.2) is 54.6 Å². The number of nitrogens with one attached hydrogen (secondary N) is 1. The summed E-state index contributed by atoms with van der Waals surface area (Å²) < 4.78 is 38.7. The molecule has 0 bridgehead atoms. The molecule has 1 aliphatic heterocycles. The second-order valence-electron chi connectivity index (χ2n) is 8.05. The summed E-state index contributed by atoms with van der Waals surface area (Å²) in [4.78, 5) is 50.4. The van der Waals surface area contributed by atoms with E-state index in [9.17, 15) is 32.3 Å². The molecule has 7 nitrogen and oxygen atoms in total. The lowest BCUT2D eigenvalue weighted by atomic mass is 9.86. The van der Waals surface area contributed by atoms with Crippen LogP contribution in [0.2, 0.25) is 0 Å². The standard InChI is InChI=1S/C24H23F3N2O5/c25-24(26,27)17-9-6-16(7-10-17)14-29-18(11-8-15-4-2-1-3-5-15)12-19(30)21(23(29)34)22(33)28-13-20(31)32/h1-7,9-10,18,21H,8,11-14H2,(H,28,33)(H,31,32).